The first kappa shape index (κ1) is 9.91. The molecular formula is C13H13ClN2. The predicted molar refractivity (Wildman–Crippen MR) is 65.3 cm³/mol. The molecule has 3 heteroatoms. The molecule has 2 nitrogen and oxygen atoms in total. The number of hydrogen-bond acceptors (Lipinski definition) is 1. The maximum Gasteiger partial charge on any atom is 0.133 e. The molecule has 82 valence electrons. The molecule has 0 atom stereocenters. The topological polar surface area (TPSA) is 17.8 Å². The first-order chi connectivity index (χ1) is 7.75. The Hall–Kier alpha value is -1.28. The lowest BCUT2D eigenvalue weighted by atomic mass is 10.2. The van der Waals surface area contributed by atoms with Gasteiger partial charge in [-0.1, -0.05) is 29.8 Å². The van der Waals surface area contributed by atoms with Crippen LogP contribution in [0.25, 0.3) is 5.69 Å². The third kappa shape index (κ3) is 1.63. The zero-order valence-electron chi connectivity index (χ0n) is 9.15. The Balaban J connectivity index is 2.08. The molecule has 1 aromatic heterocycles. The third-order valence-electron chi connectivity index (χ3n) is 3.02. The van der Waals surface area contributed by atoms with E-state index in [0.717, 1.165) is 11.4 Å². The third-order valence-corrected chi connectivity index (χ3v) is 3.29. The number of nitrogens with zero attached hydrogens (tertiary/aromatic N) is 2. The van der Waals surface area contributed by atoms with Crippen LogP contribution in [0, 0.1) is 6.92 Å². The zero-order chi connectivity index (χ0) is 11.1. The SMILES string of the molecule is Cc1ccccc1-n1nc(C2CC2)cc1Cl. The molecule has 16 heavy (non-hydrogen) atoms. The Morgan fingerprint density at radius 1 is 1.31 bits per heavy atom. The lowest BCUT2D eigenvalue weighted by Gasteiger charge is -2.06. The van der Waals surface area contributed by atoms with E-state index in [9.17, 15) is 0 Å². The summed E-state index contributed by atoms with van der Waals surface area (Å²) in [6.45, 7) is 2.07. The van der Waals surface area contributed by atoms with Gasteiger partial charge < -0.3 is 0 Å². The fraction of sp³-hybridized carbons (Fsp3) is 0.308. The molecule has 1 aliphatic carbocycles. The number of rotatable bonds is 2. The van der Waals surface area contributed by atoms with Crippen molar-refractivity contribution in [3.63, 3.8) is 0 Å². The average molecular weight is 233 g/mol. The van der Waals surface area contributed by atoms with Crippen LogP contribution in [0.1, 0.15) is 30.0 Å². The maximum absolute atomic E-state index is 6.22. The van der Waals surface area contributed by atoms with Crippen LogP contribution in [0.3, 0.4) is 0 Å². The van der Waals surface area contributed by atoms with Gasteiger partial charge in [-0.3, -0.25) is 0 Å². The molecule has 0 N–H and O–H groups in total. The lowest BCUT2D eigenvalue weighted by molar-refractivity contribution is 0.832. The number of aryl methyl sites for hydroxylation is 1. The van der Waals surface area contributed by atoms with Crippen molar-refractivity contribution < 1.29 is 0 Å². The Morgan fingerprint density at radius 3 is 2.75 bits per heavy atom. The highest BCUT2D eigenvalue weighted by Crippen LogP contribution is 2.40. The summed E-state index contributed by atoms with van der Waals surface area (Å²) < 4.78 is 1.84. The summed E-state index contributed by atoms with van der Waals surface area (Å²) in [5.74, 6) is 0.641. The van der Waals surface area contributed by atoms with Crippen molar-refractivity contribution >= 4 is 11.6 Å². The quantitative estimate of drug-likeness (QED) is 0.772. The highest BCUT2D eigenvalue weighted by atomic mass is 35.5. The smallest absolute Gasteiger partial charge is 0.133 e. The maximum atomic E-state index is 6.22. The van der Waals surface area contributed by atoms with Crippen LogP contribution in [0.4, 0.5) is 0 Å². The predicted octanol–water partition coefficient (Wildman–Crippen LogP) is 3.71. The molecule has 1 fully saturated rings. The van der Waals surface area contributed by atoms with E-state index in [4.69, 9.17) is 11.6 Å². The molecule has 1 aromatic carbocycles. The van der Waals surface area contributed by atoms with E-state index in [0.29, 0.717) is 11.1 Å². The molecule has 1 saturated carbocycles. The second kappa shape index (κ2) is 3.63. The second-order valence-corrected chi connectivity index (χ2v) is 4.75. The molecular weight excluding hydrogens is 220 g/mol. The minimum Gasteiger partial charge on any atom is -0.222 e. The number of para-hydroxylation sites is 1. The van der Waals surface area contributed by atoms with Gasteiger partial charge in [-0.25, -0.2) is 4.68 Å². The molecule has 1 aliphatic rings. The molecule has 3 rings (SSSR count). The van der Waals surface area contributed by atoms with Gasteiger partial charge in [-0.2, -0.15) is 5.10 Å². The van der Waals surface area contributed by atoms with E-state index in [1.807, 2.05) is 28.9 Å². The van der Waals surface area contributed by atoms with Crippen LogP contribution < -0.4 is 0 Å². The van der Waals surface area contributed by atoms with Gasteiger partial charge in [0.1, 0.15) is 5.15 Å². The highest BCUT2D eigenvalue weighted by Gasteiger charge is 2.27. The molecule has 0 saturated heterocycles. The molecule has 1 heterocycles. The molecule has 0 spiro atoms. The number of benzene rings is 1. The summed E-state index contributed by atoms with van der Waals surface area (Å²) >= 11 is 6.22. The van der Waals surface area contributed by atoms with Crippen LogP contribution >= 0.6 is 11.6 Å². The number of halogens is 1. The summed E-state index contributed by atoms with van der Waals surface area (Å²) in [5.41, 5.74) is 3.39. The Bertz CT molecular complexity index is 526. The van der Waals surface area contributed by atoms with E-state index < -0.39 is 0 Å². The standard InChI is InChI=1S/C13H13ClN2/c1-9-4-2-3-5-12(9)16-13(14)8-11(15-16)10-6-7-10/h2-5,8,10H,6-7H2,1H3. The van der Waals surface area contributed by atoms with Crippen molar-refractivity contribution in [2.45, 2.75) is 25.7 Å². The minimum absolute atomic E-state index is 0.641. The van der Waals surface area contributed by atoms with Crippen LogP contribution in [0.15, 0.2) is 30.3 Å². The second-order valence-electron chi connectivity index (χ2n) is 4.36. The summed E-state index contributed by atoms with van der Waals surface area (Å²) in [7, 11) is 0. The fourth-order valence-electron chi connectivity index (χ4n) is 1.92. The van der Waals surface area contributed by atoms with E-state index in [1.165, 1.54) is 18.4 Å². The van der Waals surface area contributed by atoms with Crippen LogP contribution in [-0.4, -0.2) is 9.78 Å². The van der Waals surface area contributed by atoms with Crippen molar-refractivity contribution in [2.75, 3.05) is 0 Å². The summed E-state index contributed by atoms with van der Waals surface area (Å²) in [4.78, 5) is 0. The van der Waals surface area contributed by atoms with Crippen LogP contribution in [-0.2, 0) is 0 Å². The molecule has 0 unspecified atom stereocenters. The van der Waals surface area contributed by atoms with E-state index >= 15 is 0 Å². The Morgan fingerprint density at radius 2 is 2.06 bits per heavy atom. The van der Waals surface area contributed by atoms with Crippen molar-refractivity contribution in [1.29, 1.82) is 0 Å². The van der Waals surface area contributed by atoms with Gasteiger partial charge >= 0.3 is 0 Å². The van der Waals surface area contributed by atoms with Gasteiger partial charge in [0.2, 0.25) is 0 Å². The van der Waals surface area contributed by atoms with E-state index in [1.54, 1.807) is 0 Å². The average Bonchev–Trinajstić information content (AvgIpc) is 3.04. The normalized spacial score (nSPS) is 15.4. The first-order valence-electron chi connectivity index (χ1n) is 5.57. The number of aromatic nitrogens is 2. The van der Waals surface area contributed by atoms with Gasteiger partial charge in [-0.15, -0.1) is 0 Å². The molecule has 2 aromatic rings. The highest BCUT2D eigenvalue weighted by molar-refractivity contribution is 6.29. The zero-order valence-corrected chi connectivity index (χ0v) is 9.91. The minimum atomic E-state index is 0.641. The molecule has 0 radical (unpaired) electrons. The number of hydrogen-bond donors (Lipinski definition) is 0. The van der Waals surface area contributed by atoms with Gasteiger partial charge in [0.05, 0.1) is 11.4 Å². The van der Waals surface area contributed by atoms with Gasteiger partial charge in [0.25, 0.3) is 0 Å². The van der Waals surface area contributed by atoms with Crippen molar-refractivity contribution in [3.8, 4) is 5.69 Å². The summed E-state index contributed by atoms with van der Waals surface area (Å²) in [6.07, 6.45) is 2.50. The molecule has 0 amide bonds. The van der Waals surface area contributed by atoms with Gasteiger partial charge in [-0.05, 0) is 37.5 Å². The lowest BCUT2D eigenvalue weighted by Crippen LogP contribution is -1.99. The van der Waals surface area contributed by atoms with Crippen molar-refractivity contribution in [1.82, 2.24) is 9.78 Å². The molecule has 0 bridgehead atoms. The fourth-order valence-corrected chi connectivity index (χ4v) is 2.16. The van der Waals surface area contributed by atoms with Gasteiger partial charge in [0.15, 0.2) is 0 Å². The summed E-state index contributed by atoms with van der Waals surface area (Å²) in [5, 5.41) is 5.29. The largest absolute Gasteiger partial charge is 0.222 e. The van der Waals surface area contributed by atoms with Crippen molar-refractivity contribution in [2.24, 2.45) is 0 Å². The van der Waals surface area contributed by atoms with Crippen LogP contribution in [0.5, 0.6) is 0 Å². The van der Waals surface area contributed by atoms with E-state index in [-0.39, 0.29) is 0 Å². The summed E-state index contributed by atoms with van der Waals surface area (Å²) in [6, 6.07) is 10.1. The Kier molecular flexibility index (Phi) is 2.25. The van der Waals surface area contributed by atoms with E-state index in [2.05, 4.69) is 18.1 Å². The monoisotopic (exact) mass is 232 g/mol. The van der Waals surface area contributed by atoms with Gasteiger partial charge in [0, 0.05) is 5.92 Å². The van der Waals surface area contributed by atoms with Crippen molar-refractivity contribution in [3.05, 3.63) is 46.7 Å². The Labute approximate surface area is 99.9 Å². The first-order valence-corrected chi connectivity index (χ1v) is 5.95. The molecule has 0 aliphatic heterocycles. The van der Waals surface area contributed by atoms with Crippen LogP contribution in [0.2, 0.25) is 5.15 Å².